The zero-order valence-electron chi connectivity index (χ0n) is 10.8. The van der Waals surface area contributed by atoms with Crippen LogP contribution in [0.2, 0.25) is 0 Å². The van der Waals surface area contributed by atoms with Gasteiger partial charge in [0, 0.05) is 24.8 Å². The Bertz CT molecular complexity index is 345. The molecule has 0 aromatic carbocycles. The van der Waals surface area contributed by atoms with E-state index in [-0.39, 0.29) is 0 Å². The molecular weight excluding hydrogens is 212 g/mol. The summed E-state index contributed by atoms with van der Waals surface area (Å²) in [6.45, 7) is 5.41. The first-order valence-electron chi connectivity index (χ1n) is 6.48. The molecule has 17 heavy (non-hydrogen) atoms. The highest BCUT2D eigenvalue weighted by atomic mass is 15.2. The monoisotopic (exact) mass is 234 g/mol. The summed E-state index contributed by atoms with van der Waals surface area (Å²) >= 11 is 0. The molecule has 94 valence electrons. The van der Waals surface area contributed by atoms with Gasteiger partial charge in [-0.05, 0) is 45.7 Å². The molecule has 4 nitrogen and oxygen atoms in total. The van der Waals surface area contributed by atoms with Crippen LogP contribution in [0.1, 0.15) is 25.0 Å². The lowest BCUT2D eigenvalue weighted by molar-refractivity contribution is 0.377. The smallest absolute Gasteiger partial charge is 0.132 e. The van der Waals surface area contributed by atoms with Crippen molar-refractivity contribution in [2.45, 2.75) is 26.2 Å². The van der Waals surface area contributed by atoms with E-state index in [9.17, 15) is 0 Å². The first-order chi connectivity index (χ1) is 8.29. The van der Waals surface area contributed by atoms with Crippen LogP contribution in [0, 0.1) is 12.8 Å². The molecule has 1 aliphatic heterocycles. The second-order valence-corrected chi connectivity index (χ2v) is 4.84. The first kappa shape index (κ1) is 12.3. The molecule has 1 N–H and O–H groups in total. The maximum Gasteiger partial charge on any atom is 0.132 e. The molecule has 0 spiro atoms. The highest BCUT2D eigenvalue weighted by Crippen LogP contribution is 2.23. The van der Waals surface area contributed by atoms with Gasteiger partial charge in [-0.2, -0.15) is 0 Å². The fourth-order valence-electron chi connectivity index (χ4n) is 2.41. The van der Waals surface area contributed by atoms with Gasteiger partial charge in [-0.3, -0.25) is 0 Å². The van der Waals surface area contributed by atoms with Crippen molar-refractivity contribution in [2.75, 3.05) is 31.6 Å². The molecule has 1 aromatic rings. The Hall–Kier alpha value is -1.16. The fraction of sp³-hybridized carbons (Fsp3) is 0.692. The number of hydrogen-bond donors (Lipinski definition) is 1. The molecule has 1 fully saturated rings. The summed E-state index contributed by atoms with van der Waals surface area (Å²) in [5.74, 6) is 1.96. The van der Waals surface area contributed by atoms with Crippen molar-refractivity contribution in [1.82, 2.24) is 15.3 Å². The number of nitrogens with zero attached hydrogens (tertiary/aromatic N) is 3. The minimum atomic E-state index is 0.877. The topological polar surface area (TPSA) is 41.0 Å². The first-order valence-corrected chi connectivity index (χ1v) is 6.48. The third kappa shape index (κ3) is 3.40. The van der Waals surface area contributed by atoms with Crippen LogP contribution in [0.3, 0.4) is 0 Å². The summed E-state index contributed by atoms with van der Waals surface area (Å²) in [6.07, 6.45) is 5.53. The van der Waals surface area contributed by atoms with Gasteiger partial charge in [0.15, 0.2) is 0 Å². The van der Waals surface area contributed by atoms with Crippen LogP contribution in [0.15, 0.2) is 12.4 Å². The Morgan fingerprint density at radius 1 is 1.35 bits per heavy atom. The Morgan fingerprint density at radius 2 is 2.12 bits per heavy atom. The third-order valence-electron chi connectivity index (χ3n) is 3.53. The Morgan fingerprint density at radius 3 is 2.76 bits per heavy atom. The van der Waals surface area contributed by atoms with E-state index in [1.54, 1.807) is 6.33 Å². The molecule has 1 aliphatic rings. The van der Waals surface area contributed by atoms with Gasteiger partial charge in [0.25, 0.3) is 0 Å². The van der Waals surface area contributed by atoms with Gasteiger partial charge < -0.3 is 10.2 Å². The number of anilines is 1. The molecule has 0 aliphatic carbocycles. The lowest BCUT2D eigenvalue weighted by Gasteiger charge is -2.32. The summed E-state index contributed by atoms with van der Waals surface area (Å²) in [5, 5.41) is 3.23. The van der Waals surface area contributed by atoms with Crippen LogP contribution >= 0.6 is 0 Å². The van der Waals surface area contributed by atoms with E-state index in [2.05, 4.69) is 26.3 Å². The van der Waals surface area contributed by atoms with Crippen LogP contribution in [0.4, 0.5) is 5.82 Å². The van der Waals surface area contributed by atoms with E-state index >= 15 is 0 Å². The molecule has 0 unspecified atom stereocenters. The van der Waals surface area contributed by atoms with Crippen molar-refractivity contribution in [1.29, 1.82) is 0 Å². The normalized spacial score (nSPS) is 17.4. The van der Waals surface area contributed by atoms with Gasteiger partial charge >= 0.3 is 0 Å². The minimum Gasteiger partial charge on any atom is -0.356 e. The van der Waals surface area contributed by atoms with Crippen LogP contribution in [0.5, 0.6) is 0 Å². The van der Waals surface area contributed by atoms with Crippen molar-refractivity contribution in [2.24, 2.45) is 5.92 Å². The van der Waals surface area contributed by atoms with E-state index in [1.807, 2.05) is 14.0 Å². The highest BCUT2D eigenvalue weighted by molar-refractivity contribution is 5.38. The SMILES string of the molecule is CNCCC1CCN(c2cc(C)ncn2)CC1. The standard InChI is InChI=1S/C13H22N4/c1-11-9-13(16-10-15-11)17-7-4-12(5-8-17)3-6-14-2/h9-10,12,14H,3-8H2,1-2H3. The number of rotatable bonds is 4. The van der Waals surface area contributed by atoms with Gasteiger partial charge in [0.1, 0.15) is 12.1 Å². The zero-order chi connectivity index (χ0) is 12.1. The second-order valence-electron chi connectivity index (χ2n) is 4.84. The third-order valence-corrected chi connectivity index (χ3v) is 3.53. The average molecular weight is 234 g/mol. The highest BCUT2D eigenvalue weighted by Gasteiger charge is 2.19. The Balaban J connectivity index is 1.86. The molecule has 2 rings (SSSR count). The second kappa shape index (κ2) is 5.96. The van der Waals surface area contributed by atoms with E-state index in [0.717, 1.165) is 37.1 Å². The molecule has 0 amide bonds. The molecule has 0 radical (unpaired) electrons. The summed E-state index contributed by atoms with van der Waals surface area (Å²) in [6, 6.07) is 2.08. The zero-order valence-corrected chi connectivity index (χ0v) is 10.8. The van der Waals surface area contributed by atoms with Crippen LogP contribution in [-0.4, -0.2) is 36.6 Å². The largest absolute Gasteiger partial charge is 0.356 e. The maximum atomic E-state index is 4.35. The number of aryl methyl sites for hydroxylation is 1. The van der Waals surface area contributed by atoms with Gasteiger partial charge in [0.05, 0.1) is 0 Å². The number of nitrogens with one attached hydrogen (secondary N) is 1. The van der Waals surface area contributed by atoms with Crippen molar-refractivity contribution < 1.29 is 0 Å². The quantitative estimate of drug-likeness (QED) is 0.859. The van der Waals surface area contributed by atoms with Crippen LogP contribution in [-0.2, 0) is 0 Å². The molecule has 0 saturated carbocycles. The molecule has 0 atom stereocenters. The van der Waals surface area contributed by atoms with Gasteiger partial charge in [-0.25, -0.2) is 9.97 Å². The van der Waals surface area contributed by atoms with E-state index in [1.165, 1.54) is 19.3 Å². The van der Waals surface area contributed by atoms with Gasteiger partial charge in [-0.1, -0.05) is 0 Å². The number of piperidine rings is 1. The predicted octanol–water partition coefficient (Wildman–Crippen LogP) is 1.61. The molecule has 0 bridgehead atoms. The summed E-state index contributed by atoms with van der Waals surface area (Å²) in [4.78, 5) is 10.9. The molecule has 4 heteroatoms. The molecule has 1 saturated heterocycles. The summed E-state index contributed by atoms with van der Waals surface area (Å²) in [7, 11) is 2.03. The fourth-order valence-corrected chi connectivity index (χ4v) is 2.41. The van der Waals surface area contributed by atoms with Crippen LogP contribution < -0.4 is 10.2 Å². The predicted molar refractivity (Wildman–Crippen MR) is 70.2 cm³/mol. The Labute approximate surface area is 103 Å². The summed E-state index contributed by atoms with van der Waals surface area (Å²) in [5.41, 5.74) is 1.05. The molecule has 1 aromatic heterocycles. The lowest BCUT2D eigenvalue weighted by atomic mass is 9.93. The number of hydrogen-bond acceptors (Lipinski definition) is 4. The summed E-state index contributed by atoms with van der Waals surface area (Å²) < 4.78 is 0. The van der Waals surface area contributed by atoms with E-state index in [0.29, 0.717) is 0 Å². The lowest BCUT2D eigenvalue weighted by Crippen LogP contribution is -2.35. The minimum absolute atomic E-state index is 0.877. The Kier molecular flexibility index (Phi) is 4.31. The molecule has 2 heterocycles. The van der Waals surface area contributed by atoms with Gasteiger partial charge in [-0.15, -0.1) is 0 Å². The maximum absolute atomic E-state index is 4.35. The van der Waals surface area contributed by atoms with E-state index in [4.69, 9.17) is 0 Å². The van der Waals surface area contributed by atoms with Crippen molar-refractivity contribution in [3.8, 4) is 0 Å². The van der Waals surface area contributed by atoms with E-state index < -0.39 is 0 Å². The van der Waals surface area contributed by atoms with Crippen LogP contribution in [0.25, 0.3) is 0 Å². The molecular formula is C13H22N4. The number of aromatic nitrogens is 2. The van der Waals surface area contributed by atoms with Crippen molar-refractivity contribution >= 4 is 5.82 Å². The average Bonchev–Trinajstić information content (AvgIpc) is 2.37. The van der Waals surface area contributed by atoms with Gasteiger partial charge in [0.2, 0.25) is 0 Å². The van der Waals surface area contributed by atoms with Crippen molar-refractivity contribution in [3.05, 3.63) is 18.1 Å². The van der Waals surface area contributed by atoms with Crippen molar-refractivity contribution in [3.63, 3.8) is 0 Å².